The molecule has 12 aromatic rings. The van der Waals surface area contributed by atoms with Gasteiger partial charge in [0.2, 0.25) is 0 Å². The Kier molecular flexibility index (Phi) is 6.64. The summed E-state index contributed by atoms with van der Waals surface area (Å²) in [5.74, 6) is 0. The molecule has 8 aromatic carbocycles. The van der Waals surface area contributed by atoms with Crippen molar-refractivity contribution in [1.29, 1.82) is 0 Å². The van der Waals surface area contributed by atoms with Crippen LogP contribution < -0.4 is 4.90 Å². The molecule has 0 spiro atoms. The molecule has 0 unspecified atom stereocenters. The summed E-state index contributed by atoms with van der Waals surface area (Å²) < 4.78 is 16.5. The number of thiophene rings is 1. The second-order valence-corrected chi connectivity index (χ2v) is 16.0. The van der Waals surface area contributed by atoms with Crippen LogP contribution in [0.3, 0.4) is 0 Å². The summed E-state index contributed by atoms with van der Waals surface area (Å²) in [5, 5.41) is 8.01. The summed E-state index contributed by atoms with van der Waals surface area (Å²) in [4.78, 5) is 7.61. The molecule has 12 rings (SSSR count). The first-order valence-corrected chi connectivity index (χ1v) is 19.9. The van der Waals surface area contributed by atoms with Crippen molar-refractivity contribution in [2.45, 2.75) is 0 Å². The molecule has 0 bridgehead atoms. The molecule has 258 valence electrons. The molecule has 4 nitrogen and oxygen atoms in total. The molecule has 55 heavy (non-hydrogen) atoms. The van der Waals surface area contributed by atoms with E-state index in [1.165, 1.54) is 30.4 Å². The first-order valence-electron chi connectivity index (χ1n) is 18.3. The van der Waals surface area contributed by atoms with E-state index in [1.807, 2.05) is 35.6 Å². The van der Waals surface area contributed by atoms with Gasteiger partial charge in [0, 0.05) is 82.0 Å². The predicted octanol–water partition coefficient (Wildman–Crippen LogP) is 15.3. The zero-order valence-corrected chi connectivity index (χ0v) is 30.8. The van der Waals surface area contributed by atoms with Gasteiger partial charge in [-0.25, -0.2) is 4.98 Å². The van der Waals surface area contributed by atoms with Crippen molar-refractivity contribution in [2.75, 3.05) is 4.90 Å². The zero-order valence-electron chi connectivity index (χ0n) is 29.2. The molecule has 0 fully saturated rings. The van der Waals surface area contributed by atoms with Crippen LogP contribution in [0.5, 0.6) is 0 Å². The summed E-state index contributed by atoms with van der Waals surface area (Å²) in [7, 11) is 0. The Bertz CT molecular complexity index is 3330. The van der Waals surface area contributed by atoms with E-state index in [0.717, 1.165) is 82.6 Å². The number of thiazole rings is 1. The van der Waals surface area contributed by atoms with Gasteiger partial charge in [-0.05, 0) is 66.2 Å². The Morgan fingerprint density at radius 2 is 0.964 bits per heavy atom. The largest absolute Gasteiger partial charge is 0.456 e. The van der Waals surface area contributed by atoms with E-state index >= 15 is 0 Å². The number of furan rings is 2. The maximum Gasteiger partial charge on any atom is 0.137 e. The van der Waals surface area contributed by atoms with Crippen LogP contribution in [0, 0.1) is 0 Å². The van der Waals surface area contributed by atoms with Gasteiger partial charge in [-0.15, -0.1) is 22.7 Å². The lowest BCUT2D eigenvalue weighted by atomic mass is 10.0. The van der Waals surface area contributed by atoms with E-state index in [0.29, 0.717) is 0 Å². The highest BCUT2D eigenvalue weighted by atomic mass is 32.1. The average Bonchev–Trinajstić information content (AvgIpc) is 4.02. The monoisotopic (exact) mass is 740 g/mol. The van der Waals surface area contributed by atoms with Crippen LogP contribution >= 0.6 is 22.7 Å². The van der Waals surface area contributed by atoms with Crippen LogP contribution in [-0.4, -0.2) is 4.98 Å². The van der Waals surface area contributed by atoms with Crippen LogP contribution in [-0.2, 0) is 0 Å². The molecule has 0 aliphatic heterocycles. The van der Waals surface area contributed by atoms with Gasteiger partial charge in [-0.1, -0.05) is 97.1 Å². The van der Waals surface area contributed by atoms with Gasteiger partial charge in [0.25, 0.3) is 0 Å². The van der Waals surface area contributed by atoms with Gasteiger partial charge in [0.15, 0.2) is 0 Å². The average molecular weight is 741 g/mol. The topological polar surface area (TPSA) is 42.4 Å². The van der Waals surface area contributed by atoms with Gasteiger partial charge in [0.05, 0.1) is 10.2 Å². The summed E-state index contributed by atoms with van der Waals surface area (Å²) in [5.41, 5.74) is 11.0. The van der Waals surface area contributed by atoms with Gasteiger partial charge < -0.3 is 13.7 Å². The second kappa shape index (κ2) is 11.9. The lowest BCUT2D eigenvalue weighted by molar-refractivity contribution is 0.669. The van der Waals surface area contributed by atoms with Crippen molar-refractivity contribution in [2.24, 2.45) is 0 Å². The summed E-state index contributed by atoms with van der Waals surface area (Å²) in [6, 6.07) is 60.0. The number of fused-ring (bicyclic) bond motifs is 10. The number of nitrogens with zero attached hydrogens (tertiary/aromatic N) is 2. The third-order valence-corrected chi connectivity index (χ3v) is 13.0. The minimum absolute atomic E-state index is 0.849. The van der Waals surface area contributed by atoms with E-state index in [-0.39, 0.29) is 0 Å². The number of rotatable bonds is 5. The van der Waals surface area contributed by atoms with Crippen molar-refractivity contribution < 1.29 is 8.83 Å². The van der Waals surface area contributed by atoms with Crippen molar-refractivity contribution in [3.05, 3.63) is 170 Å². The summed E-state index contributed by atoms with van der Waals surface area (Å²) >= 11 is 3.61. The maximum atomic E-state index is 6.39. The van der Waals surface area contributed by atoms with Crippen LogP contribution in [0.4, 0.5) is 17.1 Å². The Balaban J connectivity index is 1.05. The smallest absolute Gasteiger partial charge is 0.137 e. The van der Waals surface area contributed by atoms with Gasteiger partial charge in [-0.3, -0.25) is 0 Å². The first-order chi connectivity index (χ1) is 27.2. The molecule has 4 heterocycles. The van der Waals surface area contributed by atoms with Crippen molar-refractivity contribution in [3.8, 4) is 21.7 Å². The van der Waals surface area contributed by atoms with E-state index in [4.69, 9.17) is 13.8 Å². The number of aromatic nitrogens is 1. The van der Waals surface area contributed by atoms with Gasteiger partial charge in [-0.2, -0.15) is 0 Å². The van der Waals surface area contributed by atoms with E-state index in [1.54, 1.807) is 11.3 Å². The lowest BCUT2D eigenvalue weighted by Crippen LogP contribution is -2.09. The SMILES string of the molecule is c1ccc(-c2nc3c(-c4ccc(N(c5ccc6c(c5)oc5ccccc56)c5ccc6c(c5)oc5ccccc56)cc4)c4sc5ccccc5c4cc3s2)cc1. The molecule has 0 saturated carbocycles. The number of anilines is 3. The zero-order chi connectivity index (χ0) is 36.0. The van der Waals surface area contributed by atoms with Crippen LogP contribution in [0.25, 0.3) is 96.0 Å². The molecule has 0 N–H and O–H groups in total. The first kappa shape index (κ1) is 30.7. The highest BCUT2D eigenvalue weighted by molar-refractivity contribution is 7.27. The molecule has 6 heteroatoms. The molecule has 4 aromatic heterocycles. The summed E-state index contributed by atoms with van der Waals surface area (Å²) in [6.45, 7) is 0. The van der Waals surface area contributed by atoms with Gasteiger partial charge >= 0.3 is 0 Å². The number of hydrogen-bond donors (Lipinski definition) is 0. The molecular formula is C49H28N2O2S2. The molecular weight excluding hydrogens is 713 g/mol. The quantitative estimate of drug-likeness (QED) is 0.176. The van der Waals surface area contributed by atoms with Crippen molar-refractivity contribution in [3.63, 3.8) is 0 Å². The third kappa shape index (κ3) is 4.79. The minimum Gasteiger partial charge on any atom is -0.456 e. The van der Waals surface area contributed by atoms with Gasteiger partial charge in [0.1, 0.15) is 27.3 Å². The molecule has 0 atom stereocenters. The fourth-order valence-corrected chi connectivity index (χ4v) is 10.4. The fraction of sp³-hybridized carbons (Fsp3) is 0. The fourth-order valence-electron chi connectivity index (χ4n) is 8.15. The van der Waals surface area contributed by atoms with Crippen LogP contribution in [0.2, 0.25) is 0 Å². The predicted molar refractivity (Wildman–Crippen MR) is 233 cm³/mol. The number of benzene rings is 8. The minimum atomic E-state index is 0.849. The second-order valence-electron chi connectivity index (χ2n) is 13.9. The Hall–Kier alpha value is -6.73. The van der Waals surface area contributed by atoms with E-state index in [9.17, 15) is 0 Å². The van der Waals surface area contributed by atoms with Crippen LogP contribution in [0.1, 0.15) is 0 Å². The van der Waals surface area contributed by atoms with E-state index < -0.39 is 0 Å². The molecule has 0 radical (unpaired) electrons. The maximum absolute atomic E-state index is 6.39. The third-order valence-electron chi connectivity index (χ3n) is 10.7. The van der Waals surface area contributed by atoms with Crippen LogP contribution in [0.15, 0.2) is 179 Å². The van der Waals surface area contributed by atoms with E-state index in [2.05, 4.69) is 150 Å². The number of hydrogen-bond acceptors (Lipinski definition) is 6. The molecule has 0 amide bonds. The summed E-state index contributed by atoms with van der Waals surface area (Å²) in [6.07, 6.45) is 0. The van der Waals surface area contributed by atoms with Crippen molar-refractivity contribution in [1.82, 2.24) is 4.98 Å². The Morgan fingerprint density at radius 1 is 0.400 bits per heavy atom. The Labute approximate surface area is 322 Å². The molecule has 0 aliphatic carbocycles. The normalized spacial score (nSPS) is 12.0. The molecule has 0 saturated heterocycles. The highest BCUT2D eigenvalue weighted by Gasteiger charge is 2.21. The Morgan fingerprint density at radius 3 is 1.64 bits per heavy atom. The highest BCUT2D eigenvalue weighted by Crippen LogP contribution is 2.47. The van der Waals surface area contributed by atoms with Crippen molar-refractivity contribution >= 4 is 114 Å². The number of para-hydroxylation sites is 2. The lowest BCUT2D eigenvalue weighted by Gasteiger charge is -2.25. The standard InChI is InChI=1S/C49H28N2O2S2/c1-2-10-30(11-3-1)49-50-47-45(55-49)28-39-38-14-6-9-17-44(38)54-48(39)46(47)29-18-20-31(21-19-29)51(32-22-24-36-34-12-4-7-15-40(34)52-42(36)26-32)33-23-25-37-35-13-5-8-16-41(35)53-43(37)27-33/h1-28H. The molecule has 0 aliphatic rings.